The van der Waals surface area contributed by atoms with Crippen molar-refractivity contribution in [3.63, 3.8) is 0 Å². The van der Waals surface area contributed by atoms with Gasteiger partial charge in [0.05, 0.1) is 0 Å². The van der Waals surface area contributed by atoms with Crippen LogP contribution in [0.3, 0.4) is 0 Å². The smallest absolute Gasteiger partial charge is 0.261 e. The summed E-state index contributed by atoms with van der Waals surface area (Å²) in [5, 5.41) is 6.13. The highest BCUT2D eigenvalue weighted by Crippen LogP contribution is 2.14. The second-order valence-corrected chi connectivity index (χ2v) is 6.04. The molecule has 116 valence electrons. The standard InChI is InChI=1S/C17H26N2O2/c1-6-11-18-16(20)13(2)21-15-9-7-14(8-10-15)12-19-17(3,4)5/h6-10,13,19H,1,11-12H2,2-5H3,(H,18,20). The zero-order valence-corrected chi connectivity index (χ0v) is 13.4. The summed E-state index contributed by atoms with van der Waals surface area (Å²) >= 11 is 0. The minimum atomic E-state index is -0.525. The first-order valence-electron chi connectivity index (χ1n) is 7.21. The van der Waals surface area contributed by atoms with Crippen molar-refractivity contribution < 1.29 is 9.53 Å². The molecule has 1 unspecified atom stereocenters. The minimum Gasteiger partial charge on any atom is -0.481 e. The molecule has 4 heteroatoms. The fourth-order valence-electron chi connectivity index (χ4n) is 1.63. The molecule has 0 fully saturated rings. The summed E-state index contributed by atoms with van der Waals surface area (Å²) in [6.07, 6.45) is 1.12. The molecule has 2 N–H and O–H groups in total. The number of hydrogen-bond acceptors (Lipinski definition) is 3. The average molecular weight is 290 g/mol. The van der Waals surface area contributed by atoms with Crippen molar-refractivity contribution in [2.24, 2.45) is 0 Å². The van der Waals surface area contributed by atoms with Crippen molar-refractivity contribution in [3.05, 3.63) is 42.5 Å². The Hall–Kier alpha value is -1.81. The fourth-order valence-corrected chi connectivity index (χ4v) is 1.63. The van der Waals surface area contributed by atoms with Crippen LogP contribution in [-0.2, 0) is 11.3 Å². The van der Waals surface area contributed by atoms with Crippen molar-refractivity contribution in [1.82, 2.24) is 10.6 Å². The number of amides is 1. The van der Waals surface area contributed by atoms with E-state index in [-0.39, 0.29) is 11.4 Å². The molecule has 0 aromatic heterocycles. The van der Waals surface area contributed by atoms with Crippen molar-refractivity contribution in [1.29, 1.82) is 0 Å². The van der Waals surface area contributed by atoms with Gasteiger partial charge in [0.1, 0.15) is 5.75 Å². The molecular formula is C17H26N2O2. The Kier molecular flexibility index (Phi) is 6.43. The topological polar surface area (TPSA) is 50.4 Å². The molecule has 21 heavy (non-hydrogen) atoms. The van der Waals surface area contributed by atoms with Crippen LogP contribution in [-0.4, -0.2) is 24.1 Å². The summed E-state index contributed by atoms with van der Waals surface area (Å²) in [5.41, 5.74) is 1.27. The molecule has 1 rings (SSSR count). The van der Waals surface area contributed by atoms with Crippen LogP contribution in [0.15, 0.2) is 36.9 Å². The molecule has 4 nitrogen and oxygen atoms in total. The van der Waals surface area contributed by atoms with Gasteiger partial charge in [0.2, 0.25) is 0 Å². The Morgan fingerprint density at radius 1 is 1.33 bits per heavy atom. The first-order valence-corrected chi connectivity index (χ1v) is 7.21. The highest BCUT2D eigenvalue weighted by atomic mass is 16.5. The van der Waals surface area contributed by atoms with E-state index in [9.17, 15) is 4.79 Å². The van der Waals surface area contributed by atoms with Crippen molar-refractivity contribution in [3.8, 4) is 5.75 Å². The third-order valence-electron chi connectivity index (χ3n) is 2.85. The summed E-state index contributed by atoms with van der Waals surface area (Å²) in [4.78, 5) is 11.7. The van der Waals surface area contributed by atoms with E-state index in [1.54, 1.807) is 13.0 Å². The normalized spacial score (nSPS) is 12.6. The molecule has 0 aliphatic heterocycles. The lowest BCUT2D eigenvalue weighted by Gasteiger charge is -2.20. The van der Waals surface area contributed by atoms with Crippen LogP contribution in [0.2, 0.25) is 0 Å². The first-order chi connectivity index (χ1) is 9.81. The van der Waals surface area contributed by atoms with Gasteiger partial charge in [-0.05, 0) is 45.4 Å². The Morgan fingerprint density at radius 3 is 2.48 bits per heavy atom. The van der Waals surface area contributed by atoms with Gasteiger partial charge in [-0.25, -0.2) is 0 Å². The highest BCUT2D eigenvalue weighted by Gasteiger charge is 2.13. The molecule has 0 aliphatic rings. The van der Waals surface area contributed by atoms with E-state index >= 15 is 0 Å². The average Bonchev–Trinajstić information content (AvgIpc) is 2.43. The number of nitrogens with one attached hydrogen (secondary N) is 2. The number of hydrogen-bond donors (Lipinski definition) is 2. The molecule has 0 radical (unpaired) electrons. The van der Waals surface area contributed by atoms with Gasteiger partial charge >= 0.3 is 0 Å². The molecule has 1 aromatic carbocycles. The molecule has 0 saturated heterocycles. The number of rotatable bonds is 7. The molecular weight excluding hydrogens is 264 g/mol. The number of benzene rings is 1. The summed E-state index contributed by atoms with van der Waals surface area (Å²) in [5.74, 6) is 0.545. The van der Waals surface area contributed by atoms with Gasteiger partial charge in [-0.15, -0.1) is 6.58 Å². The van der Waals surface area contributed by atoms with Gasteiger partial charge in [0.25, 0.3) is 5.91 Å². The van der Waals surface area contributed by atoms with Crippen LogP contribution in [0.25, 0.3) is 0 Å². The largest absolute Gasteiger partial charge is 0.481 e. The van der Waals surface area contributed by atoms with E-state index in [1.807, 2.05) is 24.3 Å². The second-order valence-electron chi connectivity index (χ2n) is 6.04. The van der Waals surface area contributed by atoms with Gasteiger partial charge in [-0.3, -0.25) is 4.79 Å². The number of carbonyl (C=O) groups excluding carboxylic acids is 1. The van der Waals surface area contributed by atoms with Gasteiger partial charge in [0.15, 0.2) is 6.10 Å². The lowest BCUT2D eigenvalue weighted by molar-refractivity contribution is -0.127. The van der Waals surface area contributed by atoms with Crippen LogP contribution in [0, 0.1) is 0 Å². The number of ether oxygens (including phenoxy) is 1. The van der Waals surface area contributed by atoms with Gasteiger partial charge in [-0.2, -0.15) is 0 Å². The SMILES string of the molecule is C=CCNC(=O)C(C)Oc1ccc(CNC(C)(C)C)cc1. The molecule has 0 heterocycles. The second kappa shape index (κ2) is 7.84. The zero-order chi connectivity index (χ0) is 15.9. The molecule has 1 atom stereocenters. The predicted molar refractivity (Wildman–Crippen MR) is 86.3 cm³/mol. The summed E-state index contributed by atoms with van der Waals surface area (Å²) in [7, 11) is 0. The molecule has 0 saturated carbocycles. The third-order valence-corrected chi connectivity index (χ3v) is 2.85. The maximum Gasteiger partial charge on any atom is 0.261 e. The first kappa shape index (κ1) is 17.2. The zero-order valence-electron chi connectivity index (χ0n) is 13.4. The maximum atomic E-state index is 11.7. The third kappa shape index (κ3) is 6.95. The highest BCUT2D eigenvalue weighted by molar-refractivity contribution is 5.80. The number of carbonyl (C=O) groups is 1. The molecule has 1 aromatic rings. The lowest BCUT2D eigenvalue weighted by Crippen LogP contribution is -2.36. The monoisotopic (exact) mass is 290 g/mol. The van der Waals surface area contributed by atoms with Crippen LogP contribution < -0.4 is 15.4 Å². The summed E-state index contributed by atoms with van der Waals surface area (Å²) < 4.78 is 5.61. The molecule has 0 spiro atoms. The van der Waals surface area contributed by atoms with Gasteiger partial charge in [0, 0.05) is 18.6 Å². The minimum absolute atomic E-state index is 0.0902. The van der Waals surface area contributed by atoms with Crippen LogP contribution in [0.5, 0.6) is 5.75 Å². The van der Waals surface area contributed by atoms with Gasteiger partial charge in [-0.1, -0.05) is 18.2 Å². The Morgan fingerprint density at radius 2 is 1.95 bits per heavy atom. The molecule has 1 amide bonds. The van der Waals surface area contributed by atoms with E-state index in [2.05, 4.69) is 38.0 Å². The quantitative estimate of drug-likeness (QED) is 0.759. The molecule has 0 bridgehead atoms. The van der Waals surface area contributed by atoms with Crippen molar-refractivity contribution >= 4 is 5.91 Å². The molecule has 0 aliphatic carbocycles. The van der Waals surface area contributed by atoms with E-state index in [1.165, 1.54) is 5.56 Å². The Labute approximate surface area is 127 Å². The maximum absolute atomic E-state index is 11.7. The Balaban J connectivity index is 2.50. The predicted octanol–water partition coefficient (Wildman–Crippen LogP) is 2.64. The van der Waals surface area contributed by atoms with Crippen molar-refractivity contribution in [2.45, 2.75) is 45.9 Å². The van der Waals surface area contributed by atoms with Crippen molar-refractivity contribution in [2.75, 3.05) is 6.54 Å². The van der Waals surface area contributed by atoms with Crippen LogP contribution >= 0.6 is 0 Å². The van der Waals surface area contributed by atoms with Crippen LogP contribution in [0.4, 0.5) is 0 Å². The van der Waals surface area contributed by atoms with Gasteiger partial charge < -0.3 is 15.4 Å². The van der Waals surface area contributed by atoms with E-state index in [0.717, 1.165) is 6.54 Å². The summed E-state index contributed by atoms with van der Waals surface area (Å²) in [6, 6.07) is 7.78. The fraction of sp³-hybridized carbons (Fsp3) is 0.471. The van der Waals surface area contributed by atoms with E-state index in [0.29, 0.717) is 12.3 Å². The Bertz CT molecular complexity index is 461. The van der Waals surface area contributed by atoms with Crippen LogP contribution in [0.1, 0.15) is 33.3 Å². The van der Waals surface area contributed by atoms with E-state index in [4.69, 9.17) is 4.74 Å². The van der Waals surface area contributed by atoms with E-state index < -0.39 is 6.10 Å². The lowest BCUT2D eigenvalue weighted by atomic mass is 10.1. The summed E-state index contributed by atoms with van der Waals surface area (Å²) in [6.45, 7) is 12.9.